The average Bonchev–Trinajstić information content (AvgIpc) is 3.33. The van der Waals surface area contributed by atoms with Crippen molar-refractivity contribution in [2.75, 3.05) is 51.3 Å². The molecule has 1 amide bonds. The van der Waals surface area contributed by atoms with Gasteiger partial charge in [-0.15, -0.1) is 0 Å². The van der Waals surface area contributed by atoms with Gasteiger partial charge in [0.15, 0.2) is 12.0 Å². The SMILES string of the molecule is COc1ccc2ncnc(N3CCN(C[C@H]4CN(C5=COC=C(C6=CC=CCC6)O5)C(=O)O4)CC3)c2c1. The molecule has 0 saturated carbocycles. The fourth-order valence-corrected chi connectivity index (χ4v) is 5.01. The summed E-state index contributed by atoms with van der Waals surface area (Å²) < 4.78 is 22.6. The van der Waals surface area contributed by atoms with Crippen LogP contribution in [0, 0.1) is 0 Å². The zero-order chi connectivity index (χ0) is 25.2. The molecule has 2 fully saturated rings. The highest BCUT2D eigenvalue weighted by molar-refractivity contribution is 5.90. The monoisotopic (exact) mass is 503 g/mol. The van der Waals surface area contributed by atoms with Gasteiger partial charge in [-0.25, -0.2) is 19.7 Å². The summed E-state index contributed by atoms with van der Waals surface area (Å²) in [5, 5.41) is 0.979. The van der Waals surface area contributed by atoms with Crippen LogP contribution in [0.25, 0.3) is 10.9 Å². The van der Waals surface area contributed by atoms with Crippen LogP contribution in [-0.2, 0) is 14.2 Å². The maximum atomic E-state index is 12.7. The lowest BCUT2D eigenvalue weighted by molar-refractivity contribution is 0.101. The quantitative estimate of drug-likeness (QED) is 0.587. The molecule has 1 atom stereocenters. The lowest BCUT2D eigenvalue weighted by Crippen LogP contribution is -2.49. The van der Waals surface area contributed by atoms with Crippen molar-refractivity contribution < 1.29 is 23.7 Å². The Labute approximate surface area is 215 Å². The van der Waals surface area contributed by atoms with E-state index in [4.69, 9.17) is 18.9 Å². The third kappa shape index (κ3) is 4.84. The summed E-state index contributed by atoms with van der Waals surface area (Å²) in [6, 6.07) is 5.84. The highest BCUT2D eigenvalue weighted by Crippen LogP contribution is 2.30. The van der Waals surface area contributed by atoms with E-state index in [1.807, 2.05) is 30.4 Å². The molecule has 0 N–H and O–H groups in total. The molecule has 192 valence electrons. The maximum absolute atomic E-state index is 12.7. The first-order chi connectivity index (χ1) is 18.2. The predicted octanol–water partition coefficient (Wildman–Crippen LogP) is 3.54. The van der Waals surface area contributed by atoms with Crippen LogP contribution >= 0.6 is 0 Å². The van der Waals surface area contributed by atoms with E-state index < -0.39 is 6.09 Å². The summed E-state index contributed by atoms with van der Waals surface area (Å²) in [5.41, 5.74) is 1.94. The summed E-state index contributed by atoms with van der Waals surface area (Å²) >= 11 is 0. The molecule has 4 heterocycles. The molecule has 1 aromatic heterocycles. The number of piperazine rings is 1. The van der Waals surface area contributed by atoms with Crippen LogP contribution in [0.2, 0.25) is 0 Å². The predicted molar refractivity (Wildman–Crippen MR) is 137 cm³/mol. The van der Waals surface area contributed by atoms with Crippen LogP contribution in [0.15, 0.2) is 72.5 Å². The molecule has 10 nitrogen and oxygen atoms in total. The van der Waals surface area contributed by atoms with Gasteiger partial charge >= 0.3 is 6.09 Å². The Balaban J connectivity index is 1.05. The number of rotatable bonds is 6. The van der Waals surface area contributed by atoms with E-state index in [1.165, 1.54) is 11.2 Å². The van der Waals surface area contributed by atoms with E-state index >= 15 is 0 Å². The number of benzene rings is 1. The number of allylic oxidation sites excluding steroid dienone is 4. The van der Waals surface area contributed by atoms with Gasteiger partial charge < -0.3 is 23.8 Å². The third-order valence-corrected chi connectivity index (χ3v) is 6.98. The lowest BCUT2D eigenvalue weighted by Gasteiger charge is -2.36. The minimum absolute atomic E-state index is 0.251. The second kappa shape index (κ2) is 10.1. The van der Waals surface area contributed by atoms with E-state index in [1.54, 1.807) is 19.7 Å². The molecule has 6 rings (SSSR count). The van der Waals surface area contributed by atoms with Crippen molar-refractivity contribution in [1.82, 2.24) is 19.8 Å². The van der Waals surface area contributed by atoms with Crippen molar-refractivity contribution >= 4 is 22.8 Å². The first-order valence-electron chi connectivity index (χ1n) is 12.5. The van der Waals surface area contributed by atoms with Crippen molar-refractivity contribution in [1.29, 1.82) is 0 Å². The van der Waals surface area contributed by atoms with Gasteiger partial charge in [-0.3, -0.25) is 4.90 Å². The third-order valence-electron chi connectivity index (χ3n) is 6.98. The van der Waals surface area contributed by atoms with E-state index in [2.05, 4.69) is 25.8 Å². The number of nitrogens with zero attached hydrogens (tertiary/aromatic N) is 5. The highest BCUT2D eigenvalue weighted by atomic mass is 16.6. The number of amides is 1. The van der Waals surface area contributed by atoms with Crippen molar-refractivity contribution in [3.63, 3.8) is 0 Å². The molecule has 2 aromatic rings. The second-order valence-electron chi connectivity index (χ2n) is 9.32. The number of carbonyl (C=O) groups is 1. The Bertz CT molecular complexity index is 1310. The number of cyclic esters (lactones) is 1. The van der Waals surface area contributed by atoms with Gasteiger partial charge in [0, 0.05) is 38.1 Å². The Morgan fingerprint density at radius 2 is 2.03 bits per heavy atom. The van der Waals surface area contributed by atoms with Gasteiger partial charge in [0.1, 0.15) is 30.3 Å². The summed E-state index contributed by atoms with van der Waals surface area (Å²) in [6.07, 6.45) is 11.9. The Hall–Kier alpha value is -4.05. The van der Waals surface area contributed by atoms with Gasteiger partial charge in [-0.2, -0.15) is 0 Å². The van der Waals surface area contributed by atoms with Gasteiger partial charge in [0.25, 0.3) is 0 Å². The van der Waals surface area contributed by atoms with Crippen molar-refractivity contribution in [3.8, 4) is 5.75 Å². The maximum Gasteiger partial charge on any atom is 0.417 e. The van der Waals surface area contributed by atoms with Crippen molar-refractivity contribution in [2.45, 2.75) is 18.9 Å². The van der Waals surface area contributed by atoms with E-state index in [-0.39, 0.29) is 6.10 Å². The standard InChI is InChI=1S/C27H29N5O5/c1-34-20-7-8-23-22(13-20)26(29-18-28-23)31-11-9-30(10-12-31)14-21-15-32(27(33)36-21)25-17-35-16-24(37-25)19-5-3-2-4-6-19/h2-3,5,7-8,13,16-18,21H,4,6,9-12,14-15H2,1H3/t21-/m0/s1. The number of carbonyl (C=O) groups excluding carboxylic acids is 1. The molecule has 0 bridgehead atoms. The molecule has 4 aliphatic rings. The first-order valence-corrected chi connectivity index (χ1v) is 12.5. The zero-order valence-electron chi connectivity index (χ0n) is 20.7. The number of methoxy groups -OCH3 is 1. The molecule has 1 aromatic carbocycles. The molecule has 0 spiro atoms. The average molecular weight is 504 g/mol. The molecular weight excluding hydrogens is 474 g/mol. The van der Waals surface area contributed by atoms with E-state index in [0.29, 0.717) is 24.7 Å². The normalized spacial score (nSPS) is 22.1. The fraction of sp³-hybridized carbons (Fsp3) is 0.370. The van der Waals surface area contributed by atoms with Gasteiger partial charge in [0.05, 0.1) is 19.2 Å². The van der Waals surface area contributed by atoms with Crippen LogP contribution in [0.4, 0.5) is 10.6 Å². The Morgan fingerprint density at radius 1 is 1.14 bits per heavy atom. The number of hydrogen-bond acceptors (Lipinski definition) is 9. The largest absolute Gasteiger partial charge is 0.497 e. The van der Waals surface area contributed by atoms with Crippen molar-refractivity contribution in [3.05, 3.63) is 72.5 Å². The highest BCUT2D eigenvalue weighted by Gasteiger charge is 2.37. The topological polar surface area (TPSA) is 89.5 Å². The number of aromatic nitrogens is 2. The summed E-state index contributed by atoms with van der Waals surface area (Å²) in [7, 11) is 1.66. The molecule has 1 aliphatic carbocycles. The summed E-state index contributed by atoms with van der Waals surface area (Å²) in [6.45, 7) is 4.36. The zero-order valence-corrected chi connectivity index (χ0v) is 20.7. The van der Waals surface area contributed by atoms with Crippen LogP contribution in [0.5, 0.6) is 5.75 Å². The number of ether oxygens (including phenoxy) is 4. The summed E-state index contributed by atoms with van der Waals surface area (Å²) in [5.74, 6) is 2.68. The van der Waals surface area contributed by atoms with Gasteiger partial charge in [-0.05, 0) is 36.6 Å². The smallest absolute Gasteiger partial charge is 0.417 e. The Morgan fingerprint density at radius 3 is 2.84 bits per heavy atom. The molecule has 0 radical (unpaired) electrons. The van der Waals surface area contributed by atoms with E-state index in [9.17, 15) is 4.79 Å². The number of hydrogen-bond donors (Lipinski definition) is 0. The Kier molecular flexibility index (Phi) is 6.40. The molecular formula is C27H29N5O5. The minimum atomic E-state index is -0.418. The minimum Gasteiger partial charge on any atom is -0.497 e. The molecule has 10 heteroatoms. The van der Waals surface area contributed by atoms with Crippen LogP contribution in [0.3, 0.4) is 0 Å². The van der Waals surface area contributed by atoms with Gasteiger partial charge in [-0.1, -0.05) is 18.2 Å². The van der Waals surface area contributed by atoms with Crippen LogP contribution in [-0.4, -0.2) is 78.3 Å². The number of anilines is 1. The summed E-state index contributed by atoms with van der Waals surface area (Å²) in [4.78, 5) is 27.7. The molecule has 3 aliphatic heterocycles. The molecule has 37 heavy (non-hydrogen) atoms. The van der Waals surface area contributed by atoms with Crippen LogP contribution in [0.1, 0.15) is 12.8 Å². The first kappa shape index (κ1) is 23.4. The number of fused-ring (bicyclic) bond motifs is 1. The molecule has 2 saturated heterocycles. The van der Waals surface area contributed by atoms with Gasteiger partial charge in [0.2, 0.25) is 5.88 Å². The van der Waals surface area contributed by atoms with Crippen molar-refractivity contribution in [2.24, 2.45) is 0 Å². The fourth-order valence-electron chi connectivity index (χ4n) is 5.01. The molecule has 0 unspecified atom stereocenters. The lowest BCUT2D eigenvalue weighted by atomic mass is 10.0. The van der Waals surface area contributed by atoms with E-state index in [0.717, 1.165) is 67.1 Å². The van der Waals surface area contributed by atoms with Crippen LogP contribution < -0.4 is 9.64 Å². The second-order valence-corrected chi connectivity index (χ2v) is 9.32.